The first kappa shape index (κ1) is 25.0. The van der Waals surface area contributed by atoms with Crippen molar-refractivity contribution in [3.05, 3.63) is 30.3 Å². The van der Waals surface area contributed by atoms with Crippen LogP contribution in [-0.4, -0.2) is 63.0 Å². The number of amides is 3. The summed E-state index contributed by atoms with van der Waals surface area (Å²) in [5.41, 5.74) is 0.706. The molecule has 1 aromatic carbocycles. The Morgan fingerprint density at radius 3 is 2.59 bits per heavy atom. The lowest BCUT2D eigenvalue weighted by molar-refractivity contribution is -0.143. The number of nitrogens with zero attached hydrogens (tertiary/aromatic N) is 1. The number of para-hydroxylation sites is 1. The van der Waals surface area contributed by atoms with Gasteiger partial charge in [0.05, 0.1) is 29.2 Å². The van der Waals surface area contributed by atoms with E-state index in [1.807, 2.05) is 44.2 Å². The van der Waals surface area contributed by atoms with Gasteiger partial charge in [0.15, 0.2) is 0 Å². The number of carbonyl (C=O) groups excluding carboxylic acids is 3. The van der Waals surface area contributed by atoms with E-state index in [-0.39, 0.29) is 35.5 Å². The van der Waals surface area contributed by atoms with Crippen LogP contribution in [0.4, 0.5) is 5.69 Å². The second-order valence-corrected chi connectivity index (χ2v) is 11.8. The fourth-order valence-corrected chi connectivity index (χ4v) is 8.30. The number of hydrogen-bond donors (Lipinski definition) is 3. The standard InChI is InChI=1S/C26H37N3O4S/c1-4-5-9-14-27-24(32)22-26-13-12-19(34-26)20(23(31)28-17-10-7-6-8-11-17)21(26)25(33)29(22)18(15-30)16(2)3/h6-8,10-11,16,18-22,30H,4-5,9,12-15H2,1-3H3,(H,27,32)(H,28,31)/t18-,19-,20+,21-,22?,26?/m0/s1. The average Bonchev–Trinajstić information content (AvgIpc) is 3.45. The number of benzene rings is 1. The van der Waals surface area contributed by atoms with Crippen LogP contribution in [0, 0.1) is 17.8 Å². The van der Waals surface area contributed by atoms with Crippen LogP contribution in [0.3, 0.4) is 0 Å². The monoisotopic (exact) mass is 487 g/mol. The van der Waals surface area contributed by atoms with Crippen molar-refractivity contribution in [1.29, 1.82) is 0 Å². The average molecular weight is 488 g/mol. The first-order valence-corrected chi connectivity index (χ1v) is 13.5. The molecule has 1 aromatic rings. The molecular weight excluding hydrogens is 450 g/mol. The maximum atomic E-state index is 14.0. The molecule has 0 saturated carbocycles. The first-order valence-electron chi connectivity index (χ1n) is 12.6. The number of anilines is 1. The van der Waals surface area contributed by atoms with Crippen molar-refractivity contribution < 1.29 is 19.5 Å². The van der Waals surface area contributed by atoms with Gasteiger partial charge in [-0.3, -0.25) is 14.4 Å². The highest BCUT2D eigenvalue weighted by molar-refractivity contribution is 8.02. The molecule has 3 N–H and O–H groups in total. The highest BCUT2D eigenvalue weighted by atomic mass is 32.2. The summed E-state index contributed by atoms with van der Waals surface area (Å²) >= 11 is 1.66. The molecule has 3 heterocycles. The number of hydrogen-bond acceptors (Lipinski definition) is 5. The van der Waals surface area contributed by atoms with E-state index in [0.29, 0.717) is 12.2 Å². The first-order chi connectivity index (χ1) is 16.4. The summed E-state index contributed by atoms with van der Waals surface area (Å²) in [6.45, 7) is 6.40. The molecule has 3 amide bonds. The van der Waals surface area contributed by atoms with Crippen LogP contribution in [0.2, 0.25) is 0 Å². The van der Waals surface area contributed by atoms with Gasteiger partial charge in [-0.1, -0.05) is 51.8 Å². The number of aliphatic hydroxyl groups is 1. The lowest BCUT2D eigenvalue weighted by Crippen LogP contribution is -2.57. The second kappa shape index (κ2) is 10.3. The molecule has 3 aliphatic rings. The third-order valence-corrected chi connectivity index (χ3v) is 9.68. The molecule has 3 saturated heterocycles. The molecule has 6 atom stereocenters. The quantitative estimate of drug-likeness (QED) is 0.441. The van der Waals surface area contributed by atoms with Gasteiger partial charge in [0, 0.05) is 17.5 Å². The van der Waals surface area contributed by atoms with Crippen molar-refractivity contribution in [2.24, 2.45) is 17.8 Å². The van der Waals surface area contributed by atoms with E-state index in [1.165, 1.54) is 0 Å². The predicted molar refractivity (Wildman–Crippen MR) is 134 cm³/mol. The summed E-state index contributed by atoms with van der Waals surface area (Å²) in [5, 5.41) is 16.3. The molecule has 3 fully saturated rings. The number of carbonyl (C=O) groups is 3. The molecule has 4 rings (SSSR count). The summed E-state index contributed by atoms with van der Waals surface area (Å²) < 4.78 is -0.627. The summed E-state index contributed by atoms with van der Waals surface area (Å²) in [7, 11) is 0. The lowest BCUT2D eigenvalue weighted by atomic mass is 9.70. The number of thioether (sulfide) groups is 1. The Morgan fingerprint density at radius 2 is 1.94 bits per heavy atom. The Hall–Kier alpha value is -2.06. The minimum atomic E-state index is -0.671. The summed E-state index contributed by atoms with van der Waals surface area (Å²) in [5.74, 6) is -1.53. The van der Waals surface area contributed by atoms with Crippen LogP contribution >= 0.6 is 11.8 Å². The van der Waals surface area contributed by atoms with Gasteiger partial charge in [-0.15, -0.1) is 11.8 Å². The summed E-state index contributed by atoms with van der Waals surface area (Å²) in [4.78, 5) is 42.7. The number of rotatable bonds is 10. The minimum absolute atomic E-state index is 0.0154. The summed E-state index contributed by atoms with van der Waals surface area (Å²) in [6, 6.07) is 8.16. The molecule has 0 radical (unpaired) electrons. The SMILES string of the molecule is CCCCCNC(=O)C1N([C@@H](CO)C(C)C)C(=O)[C@@H]2[C@H](C(=O)Nc3ccccc3)[C@@H]3CCC12S3. The third-order valence-electron chi connectivity index (χ3n) is 7.72. The smallest absolute Gasteiger partial charge is 0.244 e. The summed E-state index contributed by atoms with van der Waals surface area (Å²) in [6.07, 6.45) is 4.52. The van der Waals surface area contributed by atoms with Crippen molar-refractivity contribution in [3.8, 4) is 0 Å². The van der Waals surface area contributed by atoms with Crippen LogP contribution in [0.1, 0.15) is 52.9 Å². The maximum absolute atomic E-state index is 14.0. The van der Waals surface area contributed by atoms with Crippen molar-refractivity contribution >= 4 is 35.2 Å². The zero-order chi connectivity index (χ0) is 24.5. The van der Waals surface area contributed by atoms with E-state index in [0.717, 1.165) is 32.1 Å². The predicted octanol–water partition coefficient (Wildman–Crippen LogP) is 3.04. The fraction of sp³-hybridized carbons (Fsp3) is 0.654. The van der Waals surface area contributed by atoms with E-state index in [9.17, 15) is 19.5 Å². The van der Waals surface area contributed by atoms with Crippen LogP contribution in [0.15, 0.2) is 30.3 Å². The van der Waals surface area contributed by atoms with Gasteiger partial charge >= 0.3 is 0 Å². The molecule has 34 heavy (non-hydrogen) atoms. The van der Waals surface area contributed by atoms with Crippen LogP contribution < -0.4 is 10.6 Å². The van der Waals surface area contributed by atoms with Gasteiger partial charge in [-0.05, 0) is 37.3 Å². The van der Waals surface area contributed by atoms with E-state index < -0.39 is 28.7 Å². The zero-order valence-electron chi connectivity index (χ0n) is 20.3. The molecule has 0 aromatic heterocycles. The van der Waals surface area contributed by atoms with E-state index >= 15 is 0 Å². The molecule has 3 aliphatic heterocycles. The zero-order valence-corrected chi connectivity index (χ0v) is 21.1. The van der Waals surface area contributed by atoms with Crippen LogP contribution in [-0.2, 0) is 14.4 Å². The lowest BCUT2D eigenvalue weighted by Gasteiger charge is -2.38. The third kappa shape index (κ3) is 4.24. The Balaban J connectivity index is 1.65. The normalized spacial score (nSPS) is 30.5. The van der Waals surface area contributed by atoms with Crippen molar-refractivity contribution in [2.75, 3.05) is 18.5 Å². The molecule has 2 unspecified atom stereocenters. The number of aliphatic hydroxyl groups excluding tert-OH is 1. The number of unbranched alkanes of at least 4 members (excludes halogenated alkanes) is 2. The second-order valence-electron chi connectivity index (χ2n) is 10.1. The molecule has 7 nitrogen and oxygen atoms in total. The van der Waals surface area contributed by atoms with Crippen molar-refractivity contribution in [3.63, 3.8) is 0 Å². The van der Waals surface area contributed by atoms with E-state index in [4.69, 9.17) is 0 Å². The Kier molecular flexibility index (Phi) is 7.57. The Labute approximate surface area is 206 Å². The van der Waals surface area contributed by atoms with Gasteiger partial charge in [0.2, 0.25) is 17.7 Å². The van der Waals surface area contributed by atoms with Gasteiger partial charge in [0.1, 0.15) is 6.04 Å². The molecule has 186 valence electrons. The molecule has 1 spiro atoms. The highest BCUT2D eigenvalue weighted by Crippen LogP contribution is 2.66. The Morgan fingerprint density at radius 1 is 1.21 bits per heavy atom. The van der Waals surface area contributed by atoms with Crippen molar-refractivity contribution in [1.82, 2.24) is 10.2 Å². The van der Waals surface area contributed by atoms with Gasteiger partial charge < -0.3 is 20.6 Å². The van der Waals surface area contributed by atoms with Crippen molar-refractivity contribution in [2.45, 2.75) is 75.0 Å². The van der Waals surface area contributed by atoms with Crippen LogP contribution in [0.5, 0.6) is 0 Å². The molecular formula is C26H37N3O4S. The van der Waals surface area contributed by atoms with Crippen LogP contribution in [0.25, 0.3) is 0 Å². The number of fused-ring (bicyclic) bond motifs is 1. The van der Waals surface area contributed by atoms with Gasteiger partial charge in [-0.25, -0.2) is 0 Å². The minimum Gasteiger partial charge on any atom is -0.394 e. The maximum Gasteiger partial charge on any atom is 0.244 e. The topological polar surface area (TPSA) is 98.7 Å². The molecule has 2 bridgehead atoms. The number of nitrogens with one attached hydrogen (secondary N) is 2. The van der Waals surface area contributed by atoms with E-state index in [1.54, 1.807) is 16.7 Å². The molecule has 0 aliphatic carbocycles. The van der Waals surface area contributed by atoms with E-state index in [2.05, 4.69) is 17.6 Å². The molecule has 8 heteroatoms. The fourth-order valence-electron chi connectivity index (χ4n) is 6.10. The van der Waals surface area contributed by atoms with Gasteiger partial charge in [-0.2, -0.15) is 0 Å². The van der Waals surface area contributed by atoms with Gasteiger partial charge in [0.25, 0.3) is 0 Å². The largest absolute Gasteiger partial charge is 0.394 e. The Bertz CT molecular complexity index is 911. The number of likely N-dealkylation sites (tertiary alicyclic amines) is 1. The highest BCUT2D eigenvalue weighted by Gasteiger charge is 2.74.